The van der Waals surface area contributed by atoms with Crippen LogP contribution in [0, 0.1) is 0 Å². The number of para-hydroxylation sites is 2. The second kappa shape index (κ2) is 4.76. The molecule has 0 fully saturated rings. The third-order valence-electron chi connectivity index (χ3n) is 3.49. The van der Waals surface area contributed by atoms with Crippen molar-refractivity contribution in [2.24, 2.45) is 5.73 Å². The fourth-order valence-corrected chi connectivity index (χ4v) is 2.61. The molecular formula is C16H15NO2. The molecule has 19 heavy (non-hydrogen) atoms. The molecule has 0 radical (unpaired) electrons. The Morgan fingerprint density at radius 2 is 1.53 bits per heavy atom. The lowest BCUT2D eigenvalue weighted by Crippen LogP contribution is -2.15. The van der Waals surface area contributed by atoms with Gasteiger partial charge in [-0.15, -0.1) is 0 Å². The molecule has 0 unspecified atom stereocenters. The van der Waals surface area contributed by atoms with Gasteiger partial charge in [0.1, 0.15) is 11.5 Å². The van der Waals surface area contributed by atoms with Crippen molar-refractivity contribution in [3.63, 3.8) is 0 Å². The molecule has 2 N–H and O–H groups in total. The summed E-state index contributed by atoms with van der Waals surface area (Å²) in [5, 5.41) is 0. The van der Waals surface area contributed by atoms with Crippen molar-refractivity contribution in [3.8, 4) is 11.5 Å². The van der Waals surface area contributed by atoms with E-state index in [4.69, 9.17) is 10.5 Å². The molecular weight excluding hydrogens is 238 g/mol. The van der Waals surface area contributed by atoms with E-state index in [0.717, 1.165) is 22.6 Å². The molecule has 3 heteroatoms. The van der Waals surface area contributed by atoms with Gasteiger partial charge < -0.3 is 10.5 Å². The van der Waals surface area contributed by atoms with Crippen molar-refractivity contribution in [2.75, 3.05) is 0 Å². The Balaban J connectivity index is 2.03. The quantitative estimate of drug-likeness (QED) is 0.913. The minimum Gasteiger partial charge on any atom is -0.457 e. The first kappa shape index (κ1) is 11.8. The number of fused-ring (bicyclic) bond motifs is 2. The molecule has 3 rings (SSSR count). The zero-order valence-corrected chi connectivity index (χ0v) is 10.5. The van der Waals surface area contributed by atoms with Crippen molar-refractivity contribution < 1.29 is 9.53 Å². The summed E-state index contributed by atoms with van der Waals surface area (Å²) >= 11 is 0. The van der Waals surface area contributed by atoms with E-state index in [1.165, 1.54) is 0 Å². The second-order valence-corrected chi connectivity index (χ2v) is 4.74. The lowest BCUT2D eigenvalue weighted by molar-refractivity contribution is -0.118. The summed E-state index contributed by atoms with van der Waals surface area (Å²) in [7, 11) is 0. The van der Waals surface area contributed by atoms with E-state index in [-0.39, 0.29) is 11.8 Å². The molecule has 0 aliphatic carbocycles. The molecule has 3 nitrogen and oxygen atoms in total. The van der Waals surface area contributed by atoms with Gasteiger partial charge in [-0.2, -0.15) is 0 Å². The maximum atomic E-state index is 11.1. The van der Waals surface area contributed by atoms with Crippen molar-refractivity contribution in [1.82, 2.24) is 0 Å². The zero-order valence-electron chi connectivity index (χ0n) is 10.5. The number of primary amides is 1. The number of nitrogens with two attached hydrogens (primary N) is 1. The molecule has 2 aromatic carbocycles. The highest BCUT2D eigenvalue weighted by molar-refractivity contribution is 5.74. The van der Waals surface area contributed by atoms with Gasteiger partial charge in [0.05, 0.1) is 0 Å². The Labute approximate surface area is 112 Å². The molecule has 0 spiro atoms. The van der Waals surface area contributed by atoms with Gasteiger partial charge in [-0.05, 0) is 18.6 Å². The van der Waals surface area contributed by atoms with E-state index >= 15 is 0 Å². The van der Waals surface area contributed by atoms with Crippen LogP contribution in [-0.4, -0.2) is 5.91 Å². The minimum atomic E-state index is -0.263. The number of carbonyl (C=O) groups is 1. The van der Waals surface area contributed by atoms with Crippen LogP contribution in [0.2, 0.25) is 0 Å². The molecule has 2 aromatic rings. The van der Waals surface area contributed by atoms with Crippen LogP contribution in [0.25, 0.3) is 0 Å². The highest BCUT2D eigenvalue weighted by Gasteiger charge is 2.26. The standard InChI is InChI=1S/C16H15NO2/c17-16(18)10-9-11-12-5-1-3-7-14(12)19-15-8-4-2-6-13(11)15/h1-8,11H,9-10H2,(H2,17,18). The van der Waals surface area contributed by atoms with Crippen LogP contribution in [0.4, 0.5) is 0 Å². The van der Waals surface area contributed by atoms with Crippen LogP contribution in [0.15, 0.2) is 48.5 Å². The van der Waals surface area contributed by atoms with Crippen LogP contribution >= 0.6 is 0 Å². The van der Waals surface area contributed by atoms with E-state index in [1.807, 2.05) is 36.4 Å². The van der Waals surface area contributed by atoms with Crippen LogP contribution in [0.3, 0.4) is 0 Å². The number of ether oxygens (including phenoxy) is 1. The fraction of sp³-hybridized carbons (Fsp3) is 0.188. The van der Waals surface area contributed by atoms with Gasteiger partial charge >= 0.3 is 0 Å². The van der Waals surface area contributed by atoms with Crippen molar-refractivity contribution in [1.29, 1.82) is 0 Å². The highest BCUT2D eigenvalue weighted by Crippen LogP contribution is 2.45. The minimum absolute atomic E-state index is 0.175. The van der Waals surface area contributed by atoms with Gasteiger partial charge in [-0.25, -0.2) is 0 Å². The predicted molar refractivity (Wildman–Crippen MR) is 73.2 cm³/mol. The van der Waals surface area contributed by atoms with Gasteiger partial charge in [0, 0.05) is 23.5 Å². The molecule has 1 aliphatic rings. The van der Waals surface area contributed by atoms with Gasteiger partial charge in [0.25, 0.3) is 0 Å². The Morgan fingerprint density at radius 3 is 2.05 bits per heavy atom. The Hall–Kier alpha value is -2.29. The Morgan fingerprint density at radius 1 is 1.00 bits per heavy atom. The van der Waals surface area contributed by atoms with E-state index < -0.39 is 0 Å². The highest BCUT2D eigenvalue weighted by atomic mass is 16.5. The van der Waals surface area contributed by atoms with E-state index in [9.17, 15) is 4.79 Å². The van der Waals surface area contributed by atoms with Crippen molar-refractivity contribution >= 4 is 5.91 Å². The summed E-state index contributed by atoms with van der Waals surface area (Å²) in [5.74, 6) is 1.65. The van der Waals surface area contributed by atoms with Gasteiger partial charge in [-0.3, -0.25) is 4.79 Å². The van der Waals surface area contributed by atoms with Crippen molar-refractivity contribution in [2.45, 2.75) is 18.8 Å². The molecule has 0 bridgehead atoms. The topological polar surface area (TPSA) is 52.3 Å². The first-order valence-electron chi connectivity index (χ1n) is 6.39. The summed E-state index contributed by atoms with van der Waals surface area (Å²) in [6.07, 6.45) is 1.10. The Kier molecular flexibility index (Phi) is 2.95. The zero-order chi connectivity index (χ0) is 13.2. The second-order valence-electron chi connectivity index (χ2n) is 4.74. The largest absolute Gasteiger partial charge is 0.457 e. The molecule has 0 aromatic heterocycles. The fourth-order valence-electron chi connectivity index (χ4n) is 2.61. The lowest BCUT2D eigenvalue weighted by Gasteiger charge is -2.27. The summed E-state index contributed by atoms with van der Waals surface area (Å²) in [4.78, 5) is 11.1. The summed E-state index contributed by atoms with van der Waals surface area (Å²) in [5.41, 5.74) is 7.53. The molecule has 1 aliphatic heterocycles. The van der Waals surface area contributed by atoms with Crippen LogP contribution in [0.1, 0.15) is 29.9 Å². The number of carbonyl (C=O) groups excluding carboxylic acids is 1. The SMILES string of the molecule is NC(=O)CCC1c2ccccc2Oc2ccccc21. The maximum Gasteiger partial charge on any atom is 0.217 e. The molecule has 1 heterocycles. The first-order valence-corrected chi connectivity index (χ1v) is 6.39. The molecule has 0 saturated carbocycles. The molecule has 96 valence electrons. The van der Waals surface area contributed by atoms with Crippen LogP contribution < -0.4 is 10.5 Å². The van der Waals surface area contributed by atoms with Crippen molar-refractivity contribution in [3.05, 3.63) is 59.7 Å². The van der Waals surface area contributed by atoms with Gasteiger partial charge in [0.15, 0.2) is 0 Å². The van der Waals surface area contributed by atoms with E-state index in [1.54, 1.807) is 0 Å². The number of rotatable bonds is 3. The Bertz CT molecular complexity index is 576. The average molecular weight is 253 g/mol. The van der Waals surface area contributed by atoms with E-state index in [0.29, 0.717) is 12.8 Å². The van der Waals surface area contributed by atoms with Crippen LogP contribution in [0.5, 0.6) is 11.5 Å². The molecule has 1 amide bonds. The number of hydrogen-bond acceptors (Lipinski definition) is 2. The third-order valence-corrected chi connectivity index (χ3v) is 3.49. The lowest BCUT2D eigenvalue weighted by atomic mass is 9.84. The maximum absolute atomic E-state index is 11.1. The number of hydrogen-bond donors (Lipinski definition) is 1. The predicted octanol–water partition coefficient (Wildman–Crippen LogP) is 3.19. The molecule has 0 saturated heterocycles. The summed E-state index contributed by atoms with van der Waals surface area (Å²) in [6.45, 7) is 0. The summed E-state index contributed by atoms with van der Waals surface area (Å²) < 4.78 is 5.90. The average Bonchev–Trinajstić information content (AvgIpc) is 2.43. The number of benzene rings is 2. The monoisotopic (exact) mass is 253 g/mol. The normalized spacial score (nSPS) is 13.3. The van der Waals surface area contributed by atoms with Gasteiger partial charge in [0.2, 0.25) is 5.91 Å². The van der Waals surface area contributed by atoms with E-state index in [2.05, 4.69) is 12.1 Å². The summed E-state index contributed by atoms with van der Waals surface area (Å²) in [6, 6.07) is 15.9. The smallest absolute Gasteiger partial charge is 0.217 e. The molecule has 0 atom stereocenters. The number of amides is 1. The third kappa shape index (κ3) is 2.19. The van der Waals surface area contributed by atoms with Crippen LogP contribution in [-0.2, 0) is 4.79 Å². The first-order chi connectivity index (χ1) is 9.25. The van der Waals surface area contributed by atoms with Gasteiger partial charge in [-0.1, -0.05) is 36.4 Å².